The van der Waals surface area contributed by atoms with Gasteiger partial charge in [0.1, 0.15) is 5.82 Å². The van der Waals surface area contributed by atoms with Crippen LogP contribution >= 0.6 is 11.8 Å². The number of hydrogen-bond donors (Lipinski definition) is 1. The van der Waals surface area contributed by atoms with Gasteiger partial charge in [-0.05, 0) is 32.2 Å². The Balaban J connectivity index is 2.05. The van der Waals surface area contributed by atoms with Gasteiger partial charge >= 0.3 is 0 Å². The van der Waals surface area contributed by atoms with Crippen molar-refractivity contribution in [1.29, 1.82) is 0 Å². The summed E-state index contributed by atoms with van der Waals surface area (Å²) in [5.41, 5.74) is 5.76. The first-order valence-electron chi connectivity index (χ1n) is 5.45. The molecular weight excluding hydrogens is 208 g/mol. The fourth-order valence-corrected chi connectivity index (χ4v) is 3.43. The summed E-state index contributed by atoms with van der Waals surface area (Å²) in [5.74, 6) is 1.63. The van der Waals surface area contributed by atoms with Crippen LogP contribution in [-0.2, 0) is 7.05 Å². The van der Waals surface area contributed by atoms with Crippen LogP contribution in [0.5, 0.6) is 0 Å². The number of nitrogens with zero attached hydrogens (tertiary/aromatic N) is 3. The van der Waals surface area contributed by atoms with Gasteiger partial charge in [-0.2, -0.15) is 0 Å². The van der Waals surface area contributed by atoms with Crippen molar-refractivity contribution in [3.63, 3.8) is 0 Å². The topological polar surface area (TPSA) is 56.7 Å². The first kappa shape index (κ1) is 11.0. The second kappa shape index (κ2) is 4.53. The van der Waals surface area contributed by atoms with Gasteiger partial charge in [0.2, 0.25) is 0 Å². The molecule has 1 saturated carbocycles. The highest BCUT2D eigenvalue weighted by molar-refractivity contribution is 7.99. The van der Waals surface area contributed by atoms with Crippen molar-refractivity contribution in [1.82, 2.24) is 14.8 Å². The van der Waals surface area contributed by atoms with E-state index in [0.717, 1.165) is 17.5 Å². The van der Waals surface area contributed by atoms with Crippen molar-refractivity contribution >= 4 is 11.8 Å². The molecule has 2 N–H and O–H groups in total. The van der Waals surface area contributed by atoms with Crippen LogP contribution in [0.2, 0.25) is 0 Å². The first-order valence-corrected chi connectivity index (χ1v) is 6.33. The summed E-state index contributed by atoms with van der Waals surface area (Å²) in [6.45, 7) is 2.78. The molecule has 2 rings (SSSR count). The van der Waals surface area contributed by atoms with E-state index < -0.39 is 0 Å². The lowest BCUT2D eigenvalue weighted by Crippen LogP contribution is -2.20. The van der Waals surface area contributed by atoms with Gasteiger partial charge in [-0.1, -0.05) is 18.2 Å². The van der Waals surface area contributed by atoms with Crippen LogP contribution in [-0.4, -0.2) is 26.6 Å². The molecule has 4 nitrogen and oxygen atoms in total. The van der Waals surface area contributed by atoms with E-state index in [1.165, 1.54) is 19.3 Å². The quantitative estimate of drug-likeness (QED) is 0.845. The number of aryl methyl sites for hydroxylation is 1. The molecule has 84 valence electrons. The van der Waals surface area contributed by atoms with E-state index in [1.807, 2.05) is 25.7 Å². The minimum atomic E-state index is 0.636. The maximum atomic E-state index is 5.76. The molecule has 0 aromatic carbocycles. The monoisotopic (exact) mass is 226 g/mol. The lowest BCUT2D eigenvalue weighted by Gasteiger charge is -2.16. The fourth-order valence-electron chi connectivity index (χ4n) is 2.05. The van der Waals surface area contributed by atoms with Gasteiger partial charge in [-0.25, -0.2) is 0 Å². The molecule has 2 atom stereocenters. The first-order chi connectivity index (χ1) is 7.22. The van der Waals surface area contributed by atoms with E-state index in [9.17, 15) is 0 Å². The molecule has 1 heterocycles. The van der Waals surface area contributed by atoms with Crippen LogP contribution < -0.4 is 5.73 Å². The molecule has 2 unspecified atom stereocenters. The normalized spacial score (nSPS) is 26.1. The smallest absolute Gasteiger partial charge is 0.191 e. The van der Waals surface area contributed by atoms with E-state index in [1.54, 1.807) is 0 Å². The molecule has 0 aliphatic heterocycles. The van der Waals surface area contributed by atoms with Crippen LogP contribution in [0.1, 0.15) is 25.1 Å². The molecule has 1 fully saturated rings. The van der Waals surface area contributed by atoms with Gasteiger partial charge in [-0.15, -0.1) is 10.2 Å². The highest BCUT2D eigenvalue weighted by atomic mass is 32.2. The molecule has 0 radical (unpaired) electrons. The molecule has 0 saturated heterocycles. The SMILES string of the molecule is Cc1nnc(SC2CCCC2CN)n1C. The minimum absolute atomic E-state index is 0.636. The Bertz CT molecular complexity index is 336. The molecule has 1 aliphatic carbocycles. The van der Waals surface area contributed by atoms with Crippen molar-refractivity contribution in [2.24, 2.45) is 18.7 Å². The largest absolute Gasteiger partial charge is 0.330 e. The fraction of sp³-hybridized carbons (Fsp3) is 0.800. The van der Waals surface area contributed by atoms with Crippen molar-refractivity contribution in [2.75, 3.05) is 6.54 Å². The van der Waals surface area contributed by atoms with E-state index in [-0.39, 0.29) is 0 Å². The van der Waals surface area contributed by atoms with E-state index in [2.05, 4.69) is 14.8 Å². The molecule has 1 aliphatic rings. The average Bonchev–Trinajstić information content (AvgIpc) is 2.80. The summed E-state index contributed by atoms with van der Waals surface area (Å²) in [4.78, 5) is 0. The molecule has 1 aromatic rings. The highest BCUT2D eigenvalue weighted by Gasteiger charge is 2.28. The third-order valence-corrected chi connectivity index (χ3v) is 4.69. The maximum absolute atomic E-state index is 5.76. The molecule has 0 bridgehead atoms. The van der Waals surface area contributed by atoms with Crippen LogP contribution in [0.3, 0.4) is 0 Å². The van der Waals surface area contributed by atoms with Crippen molar-refractivity contribution < 1.29 is 0 Å². The zero-order chi connectivity index (χ0) is 10.8. The van der Waals surface area contributed by atoms with Crippen LogP contribution in [0.4, 0.5) is 0 Å². The van der Waals surface area contributed by atoms with E-state index >= 15 is 0 Å². The summed E-state index contributed by atoms with van der Waals surface area (Å²) in [5, 5.41) is 9.91. The summed E-state index contributed by atoms with van der Waals surface area (Å²) < 4.78 is 2.05. The maximum Gasteiger partial charge on any atom is 0.191 e. The predicted octanol–water partition coefficient (Wildman–Crippen LogP) is 1.34. The van der Waals surface area contributed by atoms with Gasteiger partial charge in [0.05, 0.1) is 0 Å². The zero-order valence-corrected chi connectivity index (χ0v) is 10.1. The van der Waals surface area contributed by atoms with E-state index in [0.29, 0.717) is 11.2 Å². The Morgan fingerprint density at radius 2 is 2.27 bits per heavy atom. The number of aromatic nitrogens is 3. The third kappa shape index (κ3) is 2.18. The van der Waals surface area contributed by atoms with E-state index in [4.69, 9.17) is 5.73 Å². The molecule has 0 spiro atoms. The molecule has 5 heteroatoms. The second-order valence-electron chi connectivity index (χ2n) is 4.17. The number of nitrogens with two attached hydrogens (primary N) is 1. The average molecular weight is 226 g/mol. The summed E-state index contributed by atoms with van der Waals surface area (Å²) in [6, 6.07) is 0. The van der Waals surface area contributed by atoms with Crippen molar-refractivity contribution in [3.8, 4) is 0 Å². The number of rotatable bonds is 3. The minimum Gasteiger partial charge on any atom is -0.330 e. The van der Waals surface area contributed by atoms with Crippen LogP contribution in [0, 0.1) is 12.8 Å². The molecule has 1 aromatic heterocycles. The lowest BCUT2D eigenvalue weighted by atomic mass is 10.1. The molecular formula is C10H18N4S. The standard InChI is InChI=1S/C10H18N4S/c1-7-12-13-10(14(7)2)15-9-5-3-4-8(9)6-11/h8-9H,3-6,11H2,1-2H3. The highest BCUT2D eigenvalue weighted by Crippen LogP contribution is 2.37. The zero-order valence-electron chi connectivity index (χ0n) is 9.31. The number of thioether (sulfide) groups is 1. The van der Waals surface area contributed by atoms with Gasteiger partial charge < -0.3 is 10.3 Å². The molecule has 15 heavy (non-hydrogen) atoms. The Labute approximate surface area is 94.6 Å². The lowest BCUT2D eigenvalue weighted by molar-refractivity contribution is 0.571. The summed E-state index contributed by atoms with van der Waals surface area (Å²) in [7, 11) is 2.02. The van der Waals surface area contributed by atoms with Crippen LogP contribution in [0.25, 0.3) is 0 Å². The van der Waals surface area contributed by atoms with Gasteiger partial charge in [0, 0.05) is 12.3 Å². The number of hydrogen-bond acceptors (Lipinski definition) is 4. The van der Waals surface area contributed by atoms with Crippen molar-refractivity contribution in [2.45, 2.75) is 36.6 Å². The van der Waals surface area contributed by atoms with Gasteiger partial charge in [0.25, 0.3) is 0 Å². The molecule has 0 amide bonds. The van der Waals surface area contributed by atoms with Gasteiger partial charge in [-0.3, -0.25) is 0 Å². The Morgan fingerprint density at radius 1 is 1.47 bits per heavy atom. The van der Waals surface area contributed by atoms with Gasteiger partial charge in [0.15, 0.2) is 5.16 Å². The Morgan fingerprint density at radius 3 is 2.87 bits per heavy atom. The second-order valence-corrected chi connectivity index (χ2v) is 5.38. The predicted molar refractivity (Wildman–Crippen MR) is 61.8 cm³/mol. The van der Waals surface area contributed by atoms with Crippen LogP contribution in [0.15, 0.2) is 5.16 Å². The Hall–Kier alpha value is -0.550. The van der Waals surface area contributed by atoms with Crippen molar-refractivity contribution in [3.05, 3.63) is 5.82 Å². The summed E-state index contributed by atoms with van der Waals surface area (Å²) in [6.07, 6.45) is 3.83. The third-order valence-electron chi connectivity index (χ3n) is 3.20. The summed E-state index contributed by atoms with van der Waals surface area (Å²) >= 11 is 1.84. The Kier molecular flexibility index (Phi) is 3.31.